The fourth-order valence-electron chi connectivity index (χ4n) is 3.60. The average molecular weight is 571 g/mol. The Bertz CT molecular complexity index is 1490. The predicted molar refractivity (Wildman–Crippen MR) is 132 cm³/mol. The lowest BCUT2D eigenvalue weighted by atomic mass is 10.1. The van der Waals surface area contributed by atoms with Crippen LogP contribution in [0.25, 0.3) is 5.13 Å². The molecule has 1 aliphatic carbocycles. The van der Waals surface area contributed by atoms with Gasteiger partial charge in [-0.05, 0) is 37.5 Å². The number of sulfone groups is 1. The first-order chi connectivity index (χ1) is 17.7. The molecule has 0 bridgehead atoms. The van der Waals surface area contributed by atoms with Crippen LogP contribution in [0.15, 0.2) is 29.3 Å². The fourth-order valence-corrected chi connectivity index (χ4v) is 5.18. The number of hydrogen-bond donors (Lipinski definition) is 1. The number of carbonyl (C=O) groups excluding carboxylic acids is 2. The van der Waals surface area contributed by atoms with Crippen molar-refractivity contribution in [3.63, 3.8) is 0 Å². The van der Waals surface area contributed by atoms with Crippen LogP contribution in [-0.4, -0.2) is 65.2 Å². The third-order valence-electron chi connectivity index (χ3n) is 5.83. The van der Waals surface area contributed by atoms with Gasteiger partial charge in [0.25, 0.3) is 11.8 Å². The van der Waals surface area contributed by atoms with Crippen molar-refractivity contribution in [2.75, 3.05) is 20.4 Å². The van der Waals surface area contributed by atoms with Crippen LogP contribution in [0.5, 0.6) is 0 Å². The molecule has 4 rings (SSSR count). The summed E-state index contributed by atoms with van der Waals surface area (Å²) in [5.74, 6) is -0.160. The van der Waals surface area contributed by atoms with E-state index in [-0.39, 0.29) is 11.8 Å². The number of thiazole rings is 1. The average Bonchev–Trinajstić information content (AvgIpc) is 3.41. The molecule has 1 aliphatic rings. The van der Waals surface area contributed by atoms with E-state index in [9.17, 15) is 31.2 Å². The highest BCUT2D eigenvalue weighted by Gasteiger charge is 2.34. The van der Waals surface area contributed by atoms with Crippen molar-refractivity contribution in [3.05, 3.63) is 52.0 Å². The van der Waals surface area contributed by atoms with E-state index in [0.29, 0.717) is 40.2 Å². The van der Waals surface area contributed by atoms with Gasteiger partial charge < -0.3 is 10.2 Å². The molecule has 1 aromatic carbocycles. The van der Waals surface area contributed by atoms with Crippen molar-refractivity contribution in [1.82, 2.24) is 30.0 Å². The minimum atomic E-state index is -4.86. The van der Waals surface area contributed by atoms with Crippen LogP contribution in [0.2, 0.25) is 0 Å². The molecule has 15 heteroatoms. The molecular weight excluding hydrogens is 545 g/mol. The molecular formula is C23H25F3N6O4S2. The van der Waals surface area contributed by atoms with Gasteiger partial charge in [0.05, 0.1) is 22.7 Å². The van der Waals surface area contributed by atoms with Gasteiger partial charge in [0, 0.05) is 31.8 Å². The predicted octanol–water partition coefficient (Wildman–Crippen LogP) is 3.61. The number of rotatable bonds is 8. The Kier molecular flexibility index (Phi) is 7.36. The summed E-state index contributed by atoms with van der Waals surface area (Å²) in [4.78, 5) is 35.5. The third-order valence-corrected chi connectivity index (χ3v) is 7.89. The number of amides is 2. The topological polar surface area (TPSA) is 127 Å². The lowest BCUT2D eigenvalue weighted by molar-refractivity contribution is -0.137. The Hall–Kier alpha value is -3.33. The molecule has 2 aromatic heterocycles. The molecule has 204 valence electrons. The highest BCUT2D eigenvalue weighted by Crippen LogP contribution is 2.39. The van der Waals surface area contributed by atoms with Crippen LogP contribution in [-0.2, 0) is 16.0 Å². The van der Waals surface area contributed by atoms with E-state index in [4.69, 9.17) is 0 Å². The van der Waals surface area contributed by atoms with Crippen molar-refractivity contribution in [1.29, 1.82) is 0 Å². The maximum Gasteiger partial charge on any atom is 0.416 e. The number of nitrogens with zero attached hydrogens (tertiary/aromatic N) is 5. The van der Waals surface area contributed by atoms with Crippen LogP contribution in [0.1, 0.15) is 75.4 Å². The number of nitrogens with one attached hydrogen (secondary N) is 1. The summed E-state index contributed by atoms with van der Waals surface area (Å²) >= 11 is 1.09. The number of alkyl halides is 3. The van der Waals surface area contributed by atoms with E-state index in [1.807, 2.05) is 0 Å². The number of carbonyl (C=O) groups is 2. The Morgan fingerprint density at radius 1 is 1.24 bits per heavy atom. The molecule has 2 amide bonds. The van der Waals surface area contributed by atoms with Crippen molar-refractivity contribution >= 4 is 33.0 Å². The molecule has 38 heavy (non-hydrogen) atoms. The van der Waals surface area contributed by atoms with Gasteiger partial charge in [-0.2, -0.15) is 17.9 Å². The second-order valence-corrected chi connectivity index (χ2v) is 12.2. The van der Waals surface area contributed by atoms with E-state index in [2.05, 4.69) is 20.4 Å². The zero-order valence-electron chi connectivity index (χ0n) is 20.9. The first-order valence-corrected chi connectivity index (χ1v) is 14.3. The second-order valence-electron chi connectivity index (χ2n) is 9.17. The van der Waals surface area contributed by atoms with Gasteiger partial charge in [-0.1, -0.05) is 18.3 Å². The highest BCUT2D eigenvalue weighted by atomic mass is 32.2. The summed E-state index contributed by atoms with van der Waals surface area (Å²) < 4.78 is 65.8. The quantitative estimate of drug-likeness (QED) is 0.438. The van der Waals surface area contributed by atoms with E-state index in [0.717, 1.165) is 36.5 Å². The summed E-state index contributed by atoms with van der Waals surface area (Å²) in [6.07, 6.45) is -0.586. The Balaban J connectivity index is 1.71. The van der Waals surface area contributed by atoms with E-state index >= 15 is 0 Å². The maximum absolute atomic E-state index is 13.4. The summed E-state index contributed by atoms with van der Waals surface area (Å²) in [6.45, 7) is 1.75. The lowest BCUT2D eigenvalue weighted by Crippen LogP contribution is -2.30. The first-order valence-electron chi connectivity index (χ1n) is 11.6. The van der Waals surface area contributed by atoms with Crippen molar-refractivity contribution in [2.24, 2.45) is 0 Å². The SMILES string of the molecule is CC[C@H](NC(=O)c1cc(C(F)(F)F)cc(S(C)(=O)=O)c1)c1nc(C2CC2)nn1-c1ncc(C(=O)N(C)C)s1. The van der Waals surface area contributed by atoms with Crippen LogP contribution >= 0.6 is 11.3 Å². The number of halogens is 3. The van der Waals surface area contributed by atoms with E-state index < -0.39 is 44.0 Å². The molecule has 3 aromatic rings. The zero-order valence-corrected chi connectivity index (χ0v) is 22.5. The third kappa shape index (κ3) is 5.88. The summed E-state index contributed by atoms with van der Waals surface area (Å²) in [5, 5.41) is 7.56. The molecule has 0 radical (unpaired) electrons. The molecule has 2 heterocycles. The number of aromatic nitrogens is 4. The Labute approximate surface area is 220 Å². The molecule has 0 unspecified atom stereocenters. The molecule has 0 saturated heterocycles. The van der Waals surface area contributed by atoms with Crippen LogP contribution in [0, 0.1) is 0 Å². The molecule has 0 spiro atoms. The Morgan fingerprint density at radius 2 is 1.92 bits per heavy atom. The van der Waals surface area contributed by atoms with Gasteiger partial charge in [-0.3, -0.25) is 9.59 Å². The second kappa shape index (κ2) is 10.1. The van der Waals surface area contributed by atoms with E-state index in [1.54, 1.807) is 21.0 Å². The zero-order chi connectivity index (χ0) is 28.0. The summed E-state index contributed by atoms with van der Waals surface area (Å²) in [6, 6.07) is 1.22. The van der Waals surface area contributed by atoms with Gasteiger partial charge >= 0.3 is 6.18 Å². The number of hydrogen-bond acceptors (Lipinski definition) is 8. The molecule has 1 N–H and O–H groups in total. The molecule has 1 atom stereocenters. The maximum atomic E-state index is 13.4. The van der Waals surface area contributed by atoms with Crippen LogP contribution < -0.4 is 5.32 Å². The van der Waals surface area contributed by atoms with Crippen molar-refractivity contribution in [2.45, 2.75) is 49.2 Å². The van der Waals surface area contributed by atoms with Crippen LogP contribution in [0.4, 0.5) is 13.2 Å². The standard InChI is InChI=1S/C23H25F3N6O4S2/c1-5-16(28-20(33)13-8-14(23(24,25)26)10-15(9-13)38(4,35)36)19-29-18(12-6-7-12)30-32(19)22-27-11-17(37-22)21(34)31(2)3/h8-12,16H,5-7H2,1-4H3,(H,28,33)/t16-/m0/s1. The smallest absolute Gasteiger partial charge is 0.344 e. The molecule has 0 aliphatic heterocycles. The monoisotopic (exact) mass is 570 g/mol. The Morgan fingerprint density at radius 3 is 2.47 bits per heavy atom. The minimum Gasteiger partial charge on any atom is -0.344 e. The van der Waals surface area contributed by atoms with Gasteiger partial charge in [0.1, 0.15) is 4.88 Å². The van der Waals surface area contributed by atoms with Crippen molar-refractivity contribution < 1.29 is 31.2 Å². The molecule has 1 saturated carbocycles. The number of benzene rings is 1. The largest absolute Gasteiger partial charge is 0.416 e. The highest BCUT2D eigenvalue weighted by molar-refractivity contribution is 7.90. The minimum absolute atomic E-state index is 0.145. The summed E-state index contributed by atoms with van der Waals surface area (Å²) in [7, 11) is -0.804. The normalized spacial score (nSPS) is 14.8. The van der Waals surface area contributed by atoms with E-state index in [1.165, 1.54) is 15.8 Å². The van der Waals surface area contributed by atoms with Gasteiger partial charge in [-0.15, -0.1) is 5.10 Å². The fraction of sp³-hybridized carbons (Fsp3) is 0.435. The lowest BCUT2D eigenvalue weighted by Gasteiger charge is -2.17. The van der Waals surface area contributed by atoms with Gasteiger partial charge in [0.2, 0.25) is 5.13 Å². The van der Waals surface area contributed by atoms with Crippen LogP contribution in [0.3, 0.4) is 0 Å². The summed E-state index contributed by atoms with van der Waals surface area (Å²) in [5.41, 5.74) is -1.71. The van der Waals surface area contributed by atoms with Gasteiger partial charge in [-0.25, -0.2) is 18.4 Å². The molecule has 1 fully saturated rings. The van der Waals surface area contributed by atoms with Crippen molar-refractivity contribution in [3.8, 4) is 5.13 Å². The first kappa shape index (κ1) is 27.7. The van der Waals surface area contributed by atoms with Gasteiger partial charge in [0.15, 0.2) is 21.5 Å². The molecule has 10 nitrogen and oxygen atoms in total.